The van der Waals surface area contributed by atoms with Crippen molar-refractivity contribution < 1.29 is 4.74 Å². The second-order valence-electron chi connectivity index (χ2n) is 7.10. The lowest BCUT2D eigenvalue weighted by Gasteiger charge is -2.10. The van der Waals surface area contributed by atoms with Gasteiger partial charge in [0.05, 0.1) is 16.7 Å². The second kappa shape index (κ2) is 8.23. The zero-order valence-corrected chi connectivity index (χ0v) is 18.1. The van der Waals surface area contributed by atoms with Crippen LogP contribution in [0.25, 0.3) is 11.0 Å². The quantitative estimate of drug-likeness (QED) is 0.429. The van der Waals surface area contributed by atoms with E-state index in [1.165, 1.54) is 0 Å². The highest BCUT2D eigenvalue weighted by Gasteiger charge is 2.10. The average Bonchev–Trinajstić information content (AvgIpc) is 2.98. The van der Waals surface area contributed by atoms with Crippen LogP contribution in [-0.4, -0.2) is 33.5 Å². The number of hydrogen-bond donors (Lipinski definition) is 1. The first kappa shape index (κ1) is 19.4. The number of fused-ring (bicyclic) bond motifs is 1. The minimum atomic E-state index is 0.743. The Hall–Kier alpha value is -2.90. The van der Waals surface area contributed by atoms with Gasteiger partial charge in [0, 0.05) is 42.1 Å². The molecule has 148 valence electrons. The molecule has 0 fully saturated rings. The number of anilines is 2. The first-order chi connectivity index (χ1) is 14.0. The summed E-state index contributed by atoms with van der Waals surface area (Å²) in [7, 11) is 6.03. The minimum absolute atomic E-state index is 0.743. The lowest BCUT2D eigenvalue weighted by atomic mass is 10.3. The van der Waals surface area contributed by atoms with Crippen LogP contribution in [-0.2, 0) is 13.6 Å². The molecule has 6 nitrogen and oxygen atoms in total. The Morgan fingerprint density at radius 1 is 1.03 bits per heavy atom. The number of ether oxygens (including phenoxy) is 1. The van der Waals surface area contributed by atoms with E-state index in [0.717, 1.165) is 50.9 Å². The van der Waals surface area contributed by atoms with Gasteiger partial charge in [0.2, 0.25) is 5.95 Å². The van der Waals surface area contributed by atoms with Crippen molar-refractivity contribution in [2.45, 2.75) is 6.54 Å². The van der Waals surface area contributed by atoms with Crippen molar-refractivity contribution in [1.82, 2.24) is 19.4 Å². The number of halogens is 1. The highest BCUT2D eigenvalue weighted by molar-refractivity contribution is 9.10. The second-order valence-corrected chi connectivity index (χ2v) is 8.02. The molecule has 4 rings (SSSR count). The number of aromatic nitrogens is 3. The number of pyridine rings is 1. The van der Waals surface area contributed by atoms with Gasteiger partial charge < -0.3 is 19.5 Å². The van der Waals surface area contributed by atoms with Gasteiger partial charge in [-0.1, -0.05) is 15.9 Å². The van der Waals surface area contributed by atoms with Gasteiger partial charge in [-0.25, -0.2) is 4.98 Å². The summed E-state index contributed by atoms with van der Waals surface area (Å²) in [6, 6.07) is 17.8. The molecular formula is C22H22BrN5O. The van der Waals surface area contributed by atoms with Gasteiger partial charge in [-0.2, -0.15) is 0 Å². The third-order valence-corrected chi connectivity index (χ3v) is 4.98. The third-order valence-electron chi connectivity index (χ3n) is 4.45. The molecule has 0 amide bonds. The summed E-state index contributed by atoms with van der Waals surface area (Å²) < 4.78 is 9.13. The molecule has 0 aliphatic rings. The zero-order valence-electron chi connectivity index (χ0n) is 16.6. The van der Waals surface area contributed by atoms with Crippen molar-refractivity contribution in [2.24, 2.45) is 7.05 Å². The Balaban J connectivity index is 1.57. The van der Waals surface area contributed by atoms with Gasteiger partial charge in [0.1, 0.15) is 11.5 Å². The molecule has 7 heteroatoms. The first-order valence-electron chi connectivity index (χ1n) is 9.24. The molecule has 0 saturated heterocycles. The summed E-state index contributed by atoms with van der Waals surface area (Å²) in [6.07, 6.45) is 1.77. The molecule has 0 bridgehead atoms. The van der Waals surface area contributed by atoms with Gasteiger partial charge >= 0.3 is 0 Å². The summed E-state index contributed by atoms with van der Waals surface area (Å²) in [5.74, 6) is 2.28. The van der Waals surface area contributed by atoms with E-state index in [9.17, 15) is 0 Å². The number of rotatable bonds is 6. The fourth-order valence-corrected chi connectivity index (χ4v) is 3.35. The highest BCUT2D eigenvalue weighted by Crippen LogP contribution is 2.28. The van der Waals surface area contributed by atoms with E-state index in [1.54, 1.807) is 6.20 Å². The van der Waals surface area contributed by atoms with Crippen molar-refractivity contribution in [3.8, 4) is 11.5 Å². The van der Waals surface area contributed by atoms with Gasteiger partial charge in [-0.15, -0.1) is 0 Å². The van der Waals surface area contributed by atoms with Crippen LogP contribution in [0.1, 0.15) is 5.69 Å². The number of benzene rings is 2. The summed E-state index contributed by atoms with van der Waals surface area (Å²) in [5, 5.41) is 3.36. The predicted molar refractivity (Wildman–Crippen MR) is 120 cm³/mol. The van der Waals surface area contributed by atoms with E-state index < -0.39 is 0 Å². The van der Waals surface area contributed by atoms with Crippen LogP contribution in [0.2, 0.25) is 0 Å². The number of imidazole rings is 1. The number of nitrogens with one attached hydrogen (secondary N) is 1. The predicted octanol–water partition coefficient (Wildman–Crippen LogP) is 5.33. The van der Waals surface area contributed by atoms with Crippen LogP contribution >= 0.6 is 15.9 Å². The van der Waals surface area contributed by atoms with Crippen LogP contribution in [0.3, 0.4) is 0 Å². The van der Waals surface area contributed by atoms with Crippen LogP contribution in [0.5, 0.6) is 11.5 Å². The van der Waals surface area contributed by atoms with Crippen LogP contribution < -0.4 is 10.1 Å². The molecule has 0 aliphatic heterocycles. The molecule has 0 unspecified atom stereocenters. The average molecular weight is 452 g/mol. The molecule has 4 aromatic rings. The Bertz CT molecular complexity index is 1140. The lowest BCUT2D eigenvalue weighted by Crippen LogP contribution is -2.11. The SMILES string of the molecule is CN(C)Cc1cc(Oc2ccc3c(c2)nc(Nc2ccc(Br)cc2)n3C)ccn1. The summed E-state index contributed by atoms with van der Waals surface area (Å²) in [6.45, 7) is 0.765. The third kappa shape index (κ3) is 4.58. The summed E-state index contributed by atoms with van der Waals surface area (Å²) >= 11 is 3.46. The molecule has 1 N–H and O–H groups in total. The highest BCUT2D eigenvalue weighted by atomic mass is 79.9. The Morgan fingerprint density at radius 2 is 1.79 bits per heavy atom. The summed E-state index contributed by atoms with van der Waals surface area (Å²) in [4.78, 5) is 11.2. The van der Waals surface area contributed by atoms with Gasteiger partial charge in [0.15, 0.2) is 0 Å². The first-order valence-corrected chi connectivity index (χ1v) is 10.0. The lowest BCUT2D eigenvalue weighted by molar-refractivity contribution is 0.395. The van der Waals surface area contributed by atoms with Gasteiger partial charge in [0.25, 0.3) is 0 Å². The number of hydrogen-bond acceptors (Lipinski definition) is 5. The molecule has 0 saturated carbocycles. The fraction of sp³-hybridized carbons (Fsp3) is 0.182. The fourth-order valence-electron chi connectivity index (χ4n) is 3.08. The Morgan fingerprint density at radius 3 is 2.55 bits per heavy atom. The summed E-state index contributed by atoms with van der Waals surface area (Å²) in [5.41, 5.74) is 3.84. The van der Waals surface area contributed by atoms with Crippen molar-refractivity contribution in [1.29, 1.82) is 0 Å². The van der Waals surface area contributed by atoms with Gasteiger partial charge in [-0.3, -0.25) is 4.98 Å². The normalized spacial score (nSPS) is 11.2. The molecule has 2 heterocycles. The van der Waals surface area contributed by atoms with E-state index in [4.69, 9.17) is 9.72 Å². The largest absolute Gasteiger partial charge is 0.457 e. The van der Waals surface area contributed by atoms with Crippen LogP contribution in [0.15, 0.2) is 65.3 Å². The molecule has 2 aromatic carbocycles. The van der Waals surface area contributed by atoms with E-state index >= 15 is 0 Å². The number of aryl methyl sites for hydroxylation is 1. The molecule has 29 heavy (non-hydrogen) atoms. The molecule has 0 spiro atoms. The standard InChI is InChI=1S/C22H22BrN5O/c1-27(2)14-17-12-19(10-11-24-17)29-18-8-9-21-20(13-18)26-22(28(21)3)25-16-6-4-15(23)5-7-16/h4-13H,14H2,1-3H3,(H,25,26). The van der Waals surface area contributed by atoms with Crippen molar-refractivity contribution in [2.75, 3.05) is 19.4 Å². The smallest absolute Gasteiger partial charge is 0.208 e. The molecule has 2 aromatic heterocycles. The Labute approximate surface area is 178 Å². The monoisotopic (exact) mass is 451 g/mol. The van der Waals surface area contributed by atoms with Gasteiger partial charge in [-0.05, 0) is 56.6 Å². The van der Waals surface area contributed by atoms with E-state index in [2.05, 4.69) is 31.1 Å². The van der Waals surface area contributed by atoms with E-state index in [1.807, 2.05) is 80.3 Å². The van der Waals surface area contributed by atoms with Crippen molar-refractivity contribution in [3.05, 3.63) is 71.0 Å². The molecule has 0 aliphatic carbocycles. The van der Waals surface area contributed by atoms with Crippen LogP contribution in [0, 0.1) is 0 Å². The molecule has 0 atom stereocenters. The Kier molecular flexibility index (Phi) is 5.51. The van der Waals surface area contributed by atoms with Crippen molar-refractivity contribution in [3.63, 3.8) is 0 Å². The van der Waals surface area contributed by atoms with Crippen LogP contribution in [0.4, 0.5) is 11.6 Å². The maximum atomic E-state index is 6.06. The maximum Gasteiger partial charge on any atom is 0.208 e. The van der Waals surface area contributed by atoms with Crippen molar-refractivity contribution >= 4 is 38.6 Å². The van der Waals surface area contributed by atoms with E-state index in [0.29, 0.717) is 0 Å². The van der Waals surface area contributed by atoms with E-state index in [-0.39, 0.29) is 0 Å². The topological polar surface area (TPSA) is 55.2 Å². The maximum absolute atomic E-state index is 6.06. The minimum Gasteiger partial charge on any atom is -0.457 e. The molecular weight excluding hydrogens is 430 g/mol. The number of nitrogens with zero attached hydrogens (tertiary/aromatic N) is 4. The molecule has 0 radical (unpaired) electrons. The zero-order chi connectivity index (χ0) is 20.4.